The smallest absolute Gasteiger partial charge is 0.407 e. The Morgan fingerprint density at radius 2 is 1.80 bits per heavy atom. The van der Waals surface area contributed by atoms with E-state index >= 15 is 0 Å². The summed E-state index contributed by atoms with van der Waals surface area (Å²) in [5.74, 6) is -3.49. The quantitative estimate of drug-likeness (QED) is 0.461. The van der Waals surface area contributed by atoms with Crippen LogP contribution >= 0.6 is 0 Å². The van der Waals surface area contributed by atoms with Crippen LogP contribution in [0.3, 0.4) is 0 Å². The maximum absolute atomic E-state index is 13.0. The van der Waals surface area contributed by atoms with Gasteiger partial charge in [-0.3, -0.25) is 9.59 Å². The number of carbonyl (C=O) groups is 3. The standard InChI is InChI=1S/C17H21F2NO5/c1-17(2,3)25-16(23)20-8-4-5-15(22)24-10-14(21)11-6-7-12(18)13(19)9-11/h6-7,9H,4-5,8,10H2,1-3H3,(H,20,23). The number of hydrogen-bond donors (Lipinski definition) is 1. The van der Waals surface area contributed by atoms with Crippen molar-refractivity contribution in [2.75, 3.05) is 13.2 Å². The molecule has 0 atom stereocenters. The van der Waals surface area contributed by atoms with Crippen molar-refractivity contribution in [1.82, 2.24) is 5.32 Å². The molecule has 1 rings (SSSR count). The molecule has 0 aromatic heterocycles. The molecule has 0 aliphatic rings. The zero-order valence-corrected chi connectivity index (χ0v) is 14.4. The molecule has 0 radical (unpaired) electrons. The first-order chi connectivity index (χ1) is 11.6. The fourth-order valence-electron chi connectivity index (χ4n) is 1.71. The lowest BCUT2D eigenvalue weighted by Crippen LogP contribution is -2.33. The van der Waals surface area contributed by atoms with Crippen molar-refractivity contribution in [1.29, 1.82) is 0 Å². The van der Waals surface area contributed by atoms with Crippen molar-refractivity contribution in [3.05, 3.63) is 35.4 Å². The number of hydrogen-bond acceptors (Lipinski definition) is 5. The van der Waals surface area contributed by atoms with Gasteiger partial charge in [-0.2, -0.15) is 0 Å². The van der Waals surface area contributed by atoms with Gasteiger partial charge in [-0.25, -0.2) is 13.6 Å². The number of alkyl carbamates (subject to hydrolysis) is 1. The topological polar surface area (TPSA) is 81.7 Å². The molecule has 0 aliphatic carbocycles. The second-order valence-electron chi connectivity index (χ2n) is 6.24. The molecule has 0 saturated heterocycles. The normalized spacial score (nSPS) is 10.9. The molecule has 1 aromatic carbocycles. The van der Waals surface area contributed by atoms with Crippen LogP contribution in [0.1, 0.15) is 44.0 Å². The van der Waals surface area contributed by atoms with Crippen LogP contribution in [0.15, 0.2) is 18.2 Å². The zero-order valence-electron chi connectivity index (χ0n) is 14.4. The SMILES string of the molecule is CC(C)(C)OC(=O)NCCCC(=O)OCC(=O)c1ccc(F)c(F)c1. The van der Waals surface area contributed by atoms with E-state index in [2.05, 4.69) is 5.32 Å². The third kappa shape index (κ3) is 8.23. The third-order valence-electron chi connectivity index (χ3n) is 2.83. The van der Waals surface area contributed by atoms with Crippen LogP contribution in [-0.2, 0) is 14.3 Å². The van der Waals surface area contributed by atoms with E-state index < -0.39 is 41.7 Å². The monoisotopic (exact) mass is 357 g/mol. The number of nitrogens with one attached hydrogen (secondary N) is 1. The Bertz CT molecular complexity index is 640. The van der Waals surface area contributed by atoms with Gasteiger partial charge < -0.3 is 14.8 Å². The molecule has 0 spiro atoms. The average Bonchev–Trinajstić information content (AvgIpc) is 2.50. The van der Waals surface area contributed by atoms with Gasteiger partial charge in [-0.1, -0.05) is 0 Å². The molecule has 0 bridgehead atoms. The van der Waals surface area contributed by atoms with Gasteiger partial charge in [0.1, 0.15) is 5.60 Å². The number of halogens is 2. The van der Waals surface area contributed by atoms with E-state index in [1.807, 2.05) is 0 Å². The molecule has 0 unspecified atom stereocenters. The van der Waals surface area contributed by atoms with Crippen LogP contribution in [0.5, 0.6) is 0 Å². The highest BCUT2D eigenvalue weighted by molar-refractivity contribution is 5.97. The highest BCUT2D eigenvalue weighted by Gasteiger charge is 2.16. The molecule has 0 aliphatic heterocycles. The van der Waals surface area contributed by atoms with Crippen molar-refractivity contribution in [3.63, 3.8) is 0 Å². The molecular weight excluding hydrogens is 336 g/mol. The molecule has 6 nitrogen and oxygen atoms in total. The van der Waals surface area contributed by atoms with Crippen molar-refractivity contribution in [2.24, 2.45) is 0 Å². The Morgan fingerprint density at radius 3 is 2.40 bits per heavy atom. The number of ketones is 1. The lowest BCUT2D eigenvalue weighted by atomic mass is 10.1. The molecule has 0 fully saturated rings. The van der Waals surface area contributed by atoms with Gasteiger partial charge in [-0.05, 0) is 45.4 Å². The van der Waals surface area contributed by atoms with Crippen molar-refractivity contribution in [2.45, 2.75) is 39.2 Å². The summed E-state index contributed by atoms with van der Waals surface area (Å²) in [7, 11) is 0. The number of benzene rings is 1. The number of carbonyl (C=O) groups excluding carboxylic acids is 3. The Kier molecular flexibility index (Phi) is 7.47. The predicted octanol–water partition coefficient (Wildman–Crippen LogP) is 3.00. The van der Waals surface area contributed by atoms with Gasteiger partial charge in [0.15, 0.2) is 24.0 Å². The summed E-state index contributed by atoms with van der Waals surface area (Å²) in [5.41, 5.74) is -0.693. The number of rotatable bonds is 7. The van der Waals surface area contributed by atoms with E-state index in [1.165, 1.54) is 0 Å². The van der Waals surface area contributed by atoms with Gasteiger partial charge in [0.2, 0.25) is 0 Å². The first-order valence-electron chi connectivity index (χ1n) is 7.69. The third-order valence-corrected chi connectivity index (χ3v) is 2.83. The minimum atomic E-state index is -1.15. The number of esters is 1. The minimum absolute atomic E-state index is 0.0130. The molecule has 8 heteroatoms. The molecule has 0 saturated carbocycles. The maximum Gasteiger partial charge on any atom is 0.407 e. The first kappa shape index (κ1) is 20.5. The van der Waals surface area contributed by atoms with Crippen LogP contribution < -0.4 is 5.32 Å². The summed E-state index contributed by atoms with van der Waals surface area (Å²) >= 11 is 0. The second-order valence-corrected chi connectivity index (χ2v) is 6.24. The number of amides is 1. The molecule has 1 aromatic rings. The van der Waals surface area contributed by atoms with Crippen LogP contribution in [0.2, 0.25) is 0 Å². The Balaban J connectivity index is 2.25. The van der Waals surface area contributed by atoms with Crippen LogP contribution in [-0.4, -0.2) is 36.6 Å². The van der Waals surface area contributed by atoms with E-state index in [4.69, 9.17) is 9.47 Å². The van der Waals surface area contributed by atoms with Crippen molar-refractivity contribution < 1.29 is 32.6 Å². The van der Waals surface area contributed by atoms with Gasteiger partial charge in [0.25, 0.3) is 0 Å². The molecule has 1 N–H and O–H groups in total. The summed E-state index contributed by atoms with van der Waals surface area (Å²) < 4.78 is 35.6. The maximum atomic E-state index is 13.0. The predicted molar refractivity (Wildman–Crippen MR) is 85.1 cm³/mol. The molecule has 138 valence electrons. The Labute approximate surface area is 144 Å². The van der Waals surface area contributed by atoms with E-state index in [-0.39, 0.29) is 18.5 Å². The second kappa shape index (κ2) is 9.10. The molecule has 0 heterocycles. The largest absolute Gasteiger partial charge is 0.457 e. The summed E-state index contributed by atoms with van der Waals surface area (Å²) in [6.07, 6.45) is -0.299. The number of Topliss-reactive ketones (excluding diaryl/α,β-unsaturated/α-hetero) is 1. The molecule has 25 heavy (non-hydrogen) atoms. The van der Waals surface area contributed by atoms with E-state index in [9.17, 15) is 23.2 Å². The lowest BCUT2D eigenvalue weighted by molar-refractivity contribution is -0.142. The van der Waals surface area contributed by atoms with Gasteiger partial charge in [0, 0.05) is 18.5 Å². The highest BCUT2D eigenvalue weighted by Crippen LogP contribution is 2.10. The van der Waals surface area contributed by atoms with Crippen LogP contribution in [0, 0.1) is 11.6 Å². The summed E-state index contributed by atoms with van der Waals surface area (Å²) in [5, 5.41) is 2.48. The lowest BCUT2D eigenvalue weighted by Gasteiger charge is -2.19. The summed E-state index contributed by atoms with van der Waals surface area (Å²) in [4.78, 5) is 34.6. The van der Waals surface area contributed by atoms with Crippen molar-refractivity contribution >= 4 is 17.8 Å². The summed E-state index contributed by atoms with van der Waals surface area (Å²) in [6.45, 7) is 4.83. The Hall–Kier alpha value is -2.51. The first-order valence-corrected chi connectivity index (χ1v) is 7.69. The number of ether oxygens (including phenoxy) is 2. The summed E-state index contributed by atoms with van der Waals surface area (Å²) in [6, 6.07) is 2.68. The fraction of sp³-hybridized carbons (Fsp3) is 0.471. The van der Waals surface area contributed by atoms with Gasteiger partial charge >= 0.3 is 12.1 Å². The van der Waals surface area contributed by atoms with Crippen LogP contribution in [0.25, 0.3) is 0 Å². The van der Waals surface area contributed by atoms with Gasteiger partial charge in [0.05, 0.1) is 0 Å². The van der Waals surface area contributed by atoms with E-state index in [0.717, 1.165) is 18.2 Å². The molecular formula is C17H21F2NO5. The molecule has 1 amide bonds. The van der Waals surface area contributed by atoms with Crippen LogP contribution in [0.4, 0.5) is 13.6 Å². The highest BCUT2D eigenvalue weighted by atomic mass is 19.2. The fourth-order valence-corrected chi connectivity index (χ4v) is 1.71. The average molecular weight is 357 g/mol. The van der Waals surface area contributed by atoms with E-state index in [0.29, 0.717) is 6.42 Å². The Morgan fingerprint density at radius 1 is 1.12 bits per heavy atom. The zero-order chi connectivity index (χ0) is 19.0. The van der Waals surface area contributed by atoms with Crippen molar-refractivity contribution in [3.8, 4) is 0 Å². The minimum Gasteiger partial charge on any atom is -0.457 e. The van der Waals surface area contributed by atoms with Gasteiger partial charge in [-0.15, -0.1) is 0 Å². The van der Waals surface area contributed by atoms with E-state index in [1.54, 1.807) is 20.8 Å².